The second-order valence-corrected chi connectivity index (χ2v) is 7.72. The number of aromatic nitrogens is 1. The Morgan fingerprint density at radius 3 is 2.50 bits per heavy atom. The topological polar surface area (TPSA) is 57.5 Å². The minimum absolute atomic E-state index is 0.366. The van der Waals surface area contributed by atoms with Gasteiger partial charge in [-0.05, 0) is 38.5 Å². The van der Waals surface area contributed by atoms with Crippen molar-refractivity contribution in [2.24, 2.45) is 4.40 Å². The van der Waals surface area contributed by atoms with Gasteiger partial charge in [-0.3, -0.25) is 4.98 Å². The van der Waals surface area contributed by atoms with Gasteiger partial charge in [-0.15, -0.1) is 0 Å². The van der Waals surface area contributed by atoms with Crippen LogP contribution in [0.15, 0.2) is 53.1 Å². The van der Waals surface area contributed by atoms with Gasteiger partial charge in [-0.25, -0.2) is 0 Å². The number of benzene rings is 1. The number of ether oxygens (including phenoxy) is 1. The van der Waals surface area contributed by atoms with Gasteiger partial charge < -0.3 is 9.29 Å². The number of pyridine rings is 1. The molecule has 0 radical (unpaired) electrons. The van der Waals surface area contributed by atoms with Crippen LogP contribution < -0.4 is 4.74 Å². The van der Waals surface area contributed by atoms with Gasteiger partial charge in [0.25, 0.3) is 0 Å². The Hall–Kier alpha value is -1.85. The lowest BCUT2D eigenvalue weighted by atomic mass is 10.2. The van der Waals surface area contributed by atoms with Gasteiger partial charge >= 0.3 is 0 Å². The maximum atomic E-state index is 11.8. The van der Waals surface area contributed by atoms with Crippen LogP contribution in [0.1, 0.15) is 32.0 Å². The Balaban J connectivity index is 1.92. The molecular formula is C17H20N2O2S. The molecule has 0 fully saturated rings. The van der Waals surface area contributed by atoms with Gasteiger partial charge in [0, 0.05) is 0 Å². The van der Waals surface area contributed by atoms with Crippen molar-refractivity contribution in [3.05, 3.63) is 59.9 Å². The van der Waals surface area contributed by atoms with E-state index in [0.717, 1.165) is 5.56 Å². The maximum absolute atomic E-state index is 11.8. The van der Waals surface area contributed by atoms with Gasteiger partial charge in [0.05, 0.1) is 11.9 Å². The molecule has 5 heteroatoms. The zero-order chi connectivity index (χ0) is 16.0. The third kappa shape index (κ3) is 5.16. The molecule has 1 aromatic carbocycles. The zero-order valence-corrected chi connectivity index (χ0v) is 13.8. The fourth-order valence-electron chi connectivity index (χ4n) is 1.55. The first-order valence-corrected chi connectivity index (χ1v) is 8.15. The molecule has 0 spiro atoms. The van der Waals surface area contributed by atoms with E-state index < -0.39 is 11.4 Å². The Kier molecular flexibility index (Phi) is 5.57. The van der Waals surface area contributed by atoms with Crippen LogP contribution in [-0.4, -0.2) is 20.5 Å². The average Bonchev–Trinajstić information content (AvgIpc) is 2.51. The van der Waals surface area contributed by atoms with Crippen molar-refractivity contribution < 1.29 is 9.29 Å². The predicted molar refractivity (Wildman–Crippen MR) is 90.5 cm³/mol. The Morgan fingerprint density at radius 1 is 1.18 bits per heavy atom. The molecule has 0 N–H and O–H groups in total. The van der Waals surface area contributed by atoms with E-state index in [2.05, 4.69) is 9.38 Å². The van der Waals surface area contributed by atoms with E-state index in [9.17, 15) is 4.55 Å². The van der Waals surface area contributed by atoms with Crippen LogP contribution >= 0.6 is 0 Å². The van der Waals surface area contributed by atoms with Crippen LogP contribution in [0.2, 0.25) is 0 Å². The summed E-state index contributed by atoms with van der Waals surface area (Å²) in [6.45, 7) is 6.15. The summed E-state index contributed by atoms with van der Waals surface area (Å²) in [4.78, 5) is 4.24. The molecule has 1 aromatic heterocycles. The summed E-state index contributed by atoms with van der Waals surface area (Å²) in [5.74, 6) is 0.693. The van der Waals surface area contributed by atoms with Crippen molar-refractivity contribution in [1.29, 1.82) is 0 Å². The SMILES string of the molecule is CC(C)(C)[S+]([O-])N=Cc1ccc(OCc2ccccc2)cn1. The second-order valence-electron chi connectivity index (χ2n) is 5.79. The molecule has 2 aromatic rings. The number of hydrogen-bond acceptors (Lipinski definition) is 4. The second kappa shape index (κ2) is 7.42. The molecule has 1 heterocycles. The van der Waals surface area contributed by atoms with Crippen molar-refractivity contribution in [3.8, 4) is 5.75 Å². The fraction of sp³-hybridized carbons (Fsp3) is 0.294. The lowest BCUT2D eigenvalue weighted by Gasteiger charge is -2.17. The van der Waals surface area contributed by atoms with Gasteiger partial charge in [0.2, 0.25) is 0 Å². The normalized spacial score (nSPS) is 13.3. The first-order chi connectivity index (χ1) is 10.4. The maximum Gasteiger partial charge on any atom is 0.144 e. The van der Waals surface area contributed by atoms with E-state index in [4.69, 9.17) is 4.74 Å². The summed E-state index contributed by atoms with van der Waals surface area (Å²) in [6, 6.07) is 13.6. The molecule has 1 atom stereocenters. The highest BCUT2D eigenvalue weighted by Gasteiger charge is 2.25. The molecule has 0 aliphatic carbocycles. The molecular weight excluding hydrogens is 296 g/mol. The largest absolute Gasteiger partial charge is 0.591 e. The van der Waals surface area contributed by atoms with E-state index >= 15 is 0 Å². The molecule has 0 amide bonds. The minimum atomic E-state index is -1.27. The number of rotatable bonds is 5. The minimum Gasteiger partial charge on any atom is -0.591 e. The van der Waals surface area contributed by atoms with Crippen LogP contribution in [0.4, 0.5) is 0 Å². The zero-order valence-electron chi connectivity index (χ0n) is 13.0. The lowest BCUT2D eigenvalue weighted by Crippen LogP contribution is -2.25. The molecule has 22 heavy (non-hydrogen) atoms. The molecule has 0 aliphatic heterocycles. The van der Waals surface area contributed by atoms with Crippen molar-refractivity contribution in [1.82, 2.24) is 4.98 Å². The third-order valence-corrected chi connectivity index (χ3v) is 4.16. The molecule has 1 unspecified atom stereocenters. The van der Waals surface area contributed by atoms with Gasteiger partial charge in [-0.1, -0.05) is 34.7 Å². The summed E-state index contributed by atoms with van der Waals surface area (Å²) < 4.78 is 21.2. The molecule has 2 rings (SSSR count). The van der Waals surface area contributed by atoms with Crippen LogP contribution in [0.5, 0.6) is 5.75 Å². The Bertz CT molecular complexity index is 607. The summed E-state index contributed by atoms with van der Waals surface area (Å²) in [5.41, 5.74) is 1.76. The standard InChI is InChI=1S/C17H20N2O2S/c1-17(2,3)22(20)19-11-15-9-10-16(12-18-15)21-13-14-7-5-4-6-8-14/h4-12H,13H2,1-3H3. The average molecular weight is 316 g/mol. The molecule has 4 nitrogen and oxygen atoms in total. The van der Waals surface area contributed by atoms with Crippen LogP contribution in [0.25, 0.3) is 0 Å². The summed E-state index contributed by atoms with van der Waals surface area (Å²) in [6.07, 6.45) is 3.17. The van der Waals surface area contributed by atoms with Gasteiger partial charge in [0.15, 0.2) is 0 Å². The van der Waals surface area contributed by atoms with E-state index in [1.165, 1.54) is 6.21 Å². The molecule has 0 saturated carbocycles. The smallest absolute Gasteiger partial charge is 0.144 e. The van der Waals surface area contributed by atoms with Crippen LogP contribution in [0.3, 0.4) is 0 Å². The molecule has 0 bridgehead atoms. The van der Waals surface area contributed by atoms with E-state index in [1.54, 1.807) is 12.3 Å². The van der Waals surface area contributed by atoms with Crippen LogP contribution in [0, 0.1) is 0 Å². The lowest BCUT2D eigenvalue weighted by molar-refractivity contribution is 0.305. The monoisotopic (exact) mass is 316 g/mol. The van der Waals surface area contributed by atoms with Gasteiger partial charge in [0.1, 0.15) is 34.7 Å². The molecule has 0 aliphatic rings. The summed E-state index contributed by atoms with van der Waals surface area (Å²) in [5, 5.41) is 0. The van der Waals surface area contributed by atoms with Crippen molar-refractivity contribution in [2.75, 3.05) is 0 Å². The van der Waals surface area contributed by atoms with E-state index in [-0.39, 0.29) is 4.75 Å². The van der Waals surface area contributed by atoms with Crippen molar-refractivity contribution in [2.45, 2.75) is 32.1 Å². The quantitative estimate of drug-likeness (QED) is 0.626. The Labute approximate surface area is 134 Å². The molecule has 0 saturated heterocycles. The Morgan fingerprint density at radius 2 is 1.91 bits per heavy atom. The fourth-order valence-corrected chi connectivity index (χ4v) is 2.07. The highest BCUT2D eigenvalue weighted by Crippen LogP contribution is 2.17. The first kappa shape index (κ1) is 16.5. The van der Waals surface area contributed by atoms with Gasteiger partial charge in [-0.2, -0.15) is 0 Å². The number of nitrogens with zero attached hydrogens (tertiary/aromatic N) is 2. The summed E-state index contributed by atoms with van der Waals surface area (Å²) in [7, 11) is 0. The first-order valence-electron chi connectivity index (χ1n) is 7.04. The third-order valence-electron chi connectivity index (χ3n) is 2.81. The van der Waals surface area contributed by atoms with E-state index in [1.807, 2.05) is 57.2 Å². The van der Waals surface area contributed by atoms with Crippen LogP contribution in [-0.2, 0) is 18.0 Å². The van der Waals surface area contributed by atoms with Crippen molar-refractivity contribution >= 4 is 17.6 Å². The molecule has 116 valence electrons. The van der Waals surface area contributed by atoms with Crippen molar-refractivity contribution in [3.63, 3.8) is 0 Å². The highest BCUT2D eigenvalue weighted by molar-refractivity contribution is 7.91. The number of hydrogen-bond donors (Lipinski definition) is 0. The summed E-state index contributed by atoms with van der Waals surface area (Å²) >= 11 is -1.27. The highest BCUT2D eigenvalue weighted by atomic mass is 32.2. The van der Waals surface area contributed by atoms with E-state index in [0.29, 0.717) is 18.1 Å². The predicted octanol–water partition coefficient (Wildman–Crippen LogP) is 3.54.